The SMILES string of the molecule is Cc1cc(C(C#N)c2ccc(Cl)cc2)c(Cl)cc1NC(=O)C1(C)CCC(C)(C(=O)O)C1(C)C. The molecular weight excluding hydrogens is 459 g/mol. The second-order valence-corrected chi connectivity index (χ2v) is 10.7. The number of benzene rings is 2. The molecule has 0 aromatic heterocycles. The smallest absolute Gasteiger partial charge is 0.309 e. The maximum atomic E-state index is 13.4. The van der Waals surface area contributed by atoms with Crippen LogP contribution < -0.4 is 5.32 Å². The molecule has 0 radical (unpaired) electrons. The molecule has 3 unspecified atom stereocenters. The van der Waals surface area contributed by atoms with Gasteiger partial charge in [-0.25, -0.2) is 0 Å². The van der Waals surface area contributed by atoms with Crippen molar-refractivity contribution in [2.75, 3.05) is 5.32 Å². The highest BCUT2D eigenvalue weighted by Gasteiger charge is 2.64. The van der Waals surface area contributed by atoms with E-state index in [4.69, 9.17) is 23.2 Å². The number of nitriles is 1. The van der Waals surface area contributed by atoms with E-state index in [1.54, 1.807) is 37.3 Å². The minimum absolute atomic E-state index is 0.237. The number of nitrogens with one attached hydrogen (secondary N) is 1. The minimum atomic E-state index is -1.01. The summed E-state index contributed by atoms with van der Waals surface area (Å²) in [6.07, 6.45) is 0.884. The summed E-state index contributed by atoms with van der Waals surface area (Å²) < 4.78 is 0. The number of amides is 1. The Bertz CT molecular complexity index is 1150. The number of rotatable bonds is 5. The number of carbonyl (C=O) groups excluding carboxylic acids is 1. The van der Waals surface area contributed by atoms with E-state index in [0.717, 1.165) is 11.1 Å². The molecule has 3 atom stereocenters. The van der Waals surface area contributed by atoms with E-state index in [9.17, 15) is 20.0 Å². The third-order valence-electron chi connectivity index (χ3n) is 8.09. The van der Waals surface area contributed by atoms with E-state index in [1.165, 1.54) is 0 Å². The van der Waals surface area contributed by atoms with Crippen LogP contribution >= 0.6 is 23.2 Å². The van der Waals surface area contributed by atoms with Gasteiger partial charge in [0.15, 0.2) is 0 Å². The highest BCUT2D eigenvalue weighted by molar-refractivity contribution is 6.32. The normalized spacial score (nSPS) is 24.7. The van der Waals surface area contributed by atoms with Crippen molar-refractivity contribution in [1.82, 2.24) is 0 Å². The molecule has 33 heavy (non-hydrogen) atoms. The number of carboxylic acid groups (broad SMARTS) is 1. The summed E-state index contributed by atoms with van der Waals surface area (Å²) in [5.74, 6) is -1.71. The molecule has 0 spiro atoms. The number of halogens is 2. The second-order valence-electron chi connectivity index (χ2n) is 9.85. The van der Waals surface area contributed by atoms with Crippen LogP contribution in [0, 0.1) is 34.5 Å². The van der Waals surface area contributed by atoms with Crippen LogP contribution in [0.25, 0.3) is 0 Å². The molecule has 1 aliphatic carbocycles. The van der Waals surface area contributed by atoms with Gasteiger partial charge in [0.25, 0.3) is 0 Å². The zero-order valence-corrected chi connectivity index (χ0v) is 20.9. The summed E-state index contributed by atoms with van der Waals surface area (Å²) in [5, 5.41) is 23.6. The van der Waals surface area contributed by atoms with Crippen LogP contribution in [-0.2, 0) is 9.59 Å². The summed E-state index contributed by atoms with van der Waals surface area (Å²) in [5.41, 5.74) is 0.0641. The van der Waals surface area contributed by atoms with Crippen LogP contribution in [0.3, 0.4) is 0 Å². The Morgan fingerprint density at radius 2 is 1.64 bits per heavy atom. The molecular formula is C26H28Cl2N2O3. The van der Waals surface area contributed by atoms with Gasteiger partial charge in [-0.1, -0.05) is 62.2 Å². The number of anilines is 1. The van der Waals surface area contributed by atoms with E-state index in [2.05, 4.69) is 11.4 Å². The average Bonchev–Trinajstić information content (AvgIpc) is 2.95. The van der Waals surface area contributed by atoms with Crippen LogP contribution in [-0.4, -0.2) is 17.0 Å². The topological polar surface area (TPSA) is 90.2 Å². The molecule has 1 fully saturated rings. The van der Waals surface area contributed by atoms with E-state index < -0.39 is 28.1 Å². The van der Waals surface area contributed by atoms with E-state index >= 15 is 0 Å². The highest BCUT2D eigenvalue weighted by atomic mass is 35.5. The molecule has 1 saturated carbocycles. The molecule has 1 amide bonds. The van der Waals surface area contributed by atoms with Crippen LogP contribution in [0.1, 0.15) is 63.1 Å². The number of aliphatic carboxylic acids is 1. The van der Waals surface area contributed by atoms with Crippen molar-refractivity contribution in [2.45, 2.75) is 53.4 Å². The first-order valence-electron chi connectivity index (χ1n) is 10.8. The Morgan fingerprint density at radius 3 is 2.15 bits per heavy atom. The quantitative estimate of drug-likeness (QED) is 0.485. The summed E-state index contributed by atoms with van der Waals surface area (Å²) in [4.78, 5) is 25.4. The molecule has 2 aromatic carbocycles. The first-order valence-corrected chi connectivity index (χ1v) is 11.5. The van der Waals surface area contributed by atoms with Crippen LogP contribution in [0.5, 0.6) is 0 Å². The van der Waals surface area contributed by atoms with E-state index in [0.29, 0.717) is 34.1 Å². The molecule has 3 rings (SSSR count). The summed E-state index contributed by atoms with van der Waals surface area (Å²) in [6.45, 7) is 9.08. The van der Waals surface area contributed by atoms with Crippen molar-refractivity contribution in [2.24, 2.45) is 16.2 Å². The molecule has 174 valence electrons. The van der Waals surface area contributed by atoms with Gasteiger partial charge in [-0.05, 0) is 67.0 Å². The summed E-state index contributed by atoms with van der Waals surface area (Å²) >= 11 is 12.5. The largest absolute Gasteiger partial charge is 0.481 e. The maximum absolute atomic E-state index is 13.4. The van der Waals surface area contributed by atoms with Crippen molar-refractivity contribution in [1.29, 1.82) is 5.26 Å². The summed E-state index contributed by atoms with van der Waals surface area (Å²) in [6, 6.07) is 12.8. The fourth-order valence-electron chi connectivity index (χ4n) is 4.80. The lowest BCUT2D eigenvalue weighted by Crippen LogP contribution is -2.49. The van der Waals surface area contributed by atoms with Crippen molar-refractivity contribution in [3.8, 4) is 6.07 Å². The van der Waals surface area contributed by atoms with Crippen LogP contribution in [0.4, 0.5) is 5.69 Å². The fourth-order valence-corrected chi connectivity index (χ4v) is 5.20. The zero-order chi connectivity index (χ0) is 24.8. The van der Waals surface area contributed by atoms with Crippen molar-refractivity contribution >= 4 is 40.8 Å². The Morgan fingerprint density at radius 1 is 1.06 bits per heavy atom. The molecule has 2 N–H and O–H groups in total. The van der Waals surface area contributed by atoms with Crippen LogP contribution in [0.15, 0.2) is 36.4 Å². The van der Waals surface area contributed by atoms with Crippen molar-refractivity contribution < 1.29 is 14.7 Å². The lowest BCUT2D eigenvalue weighted by Gasteiger charge is -2.44. The lowest BCUT2D eigenvalue weighted by atomic mass is 9.59. The predicted octanol–water partition coefficient (Wildman–Crippen LogP) is 6.81. The van der Waals surface area contributed by atoms with Gasteiger partial charge in [0, 0.05) is 15.7 Å². The Hall–Kier alpha value is -2.55. The molecule has 0 aliphatic heterocycles. The molecule has 7 heteroatoms. The Balaban J connectivity index is 1.92. The van der Waals surface area contributed by atoms with Gasteiger partial charge in [-0.3, -0.25) is 9.59 Å². The number of aryl methyl sites for hydroxylation is 1. The van der Waals surface area contributed by atoms with Crippen molar-refractivity contribution in [3.05, 3.63) is 63.1 Å². The number of hydrogen-bond donors (Lipinski definition) is 2. The number of carboxylic acids is 1. The number of nitrogens with zero attached hydrogens (tertiary/aromatic N) is 1. The Kier molecular flexibility index (Phi) is 6.59. The summed E-state index contributed by atoms with van der Waals surface area (Å²) in [7, 11) is 0. The standard InChI is InChI=1S/C26H28Cl2N2O3/c1-15-12-18(19(14-29)16-6-8-17(27)9-7-16)20(28)13-21(15)30-22(31)25(4)10-11-26(5,23(32)33)24(25,2)3/h6-9,12-13,19H,10-11H2,1-5H3,(H,30,31)(H,32,33). The maximum Gasteiger partial charge on any atom is 0.309 e. The number of hydrogen-bond acceptors (Lipinski definition) is 3. The van der Waals surface area contributed by atoms with Gasteiger partial charge in [-0.15, -0.1) is 0 Å². The van der Waals surface area contributed by atoms with Gasteiger partial charge in [0.2, 0.25) is 5.91 Å². The minimum Gasteiger partial charge on any atom is -0.481 e. The van der Waals surface area contributed by atoms with E-state index in [-0.39, 0.29) is 5.91 Å². The lowest BCUT2D eigenvalue weighted by molar-refractivity contribution is -0.157. The van der Waals surface area contributed by atoms with Gasteiger partial charge in [0.1, 0.15) is 0 Å². The van der Waals surface area contributed by atoms with E-state index in [1.807, 2.05) is 33.8 Å². The molecule has 0 heterocycles. The van der Waals surface area contributed by atoms with Gasteiger partial charge < -0.3 is 10.4 Å². The van der Waals surface area contributed by atoms with Crippen molar-refractivity contribution in [3.63, 3.8) is 0 Å². The van der Waals surface area contributed by atoms with Crippen LogP contribution in [0.2, 0.25) is 10.0 Å². The second kappa shape index (κ2) is 8.66. The molecule has 0 saturated heterocycles. The van der Waals surface area contributed by atoms with Gasteiger partial charge in [0.05, 0.1) is 22.8 Å². The van der Waals surface area contributed by atoms with Gasteiger partial charge in [-0.2, -0.15) is 5.26 Å². The first-order chi connectivity index (χ1) is 15.3. The number of carbonyl (C=O) groups is 2. The molecule has 1 aliphatic rings. The molecule has 5 nitrogen and oxygen atoms in total. The monoisotopic (exact) mass is 486 g/mol. The first kappa shape index (κ1) is 25.1. The average molecular weight is 487 g/mol. The zero-order valence-electron chi connectivity index (χ0n) is 19.4. The third kappa shape index (κ3) is 4.00. The highest BCUT2D eigenvalue weighted by Crippen LogP contribution is 2.63. The Labute approximate surface area is 204 Å². The van der Waals surface area contributed by atoms with Gasteiger partial charge >= 0.3 is 5.97 Å². The molecule has 0 bridgehead atoms. The third-order valence-corrected chi connectivity index (χ3v) is 8.67. The fraction of sp³-hybridized carbons (Fsp3) is 0.423. The molecule has 2 aromatic rings. The predicted molar refractivity (Wildman–Crippen MR) is 131 cm³/mol.